The van der Waals surface area contributed by atoms with E-state index < -0.39 is 0 Å². The van der Waals surface area contributed by atoms with Crippen molar-refractivity contribution < 1.29 is 9.53 Å². The van der Waals surface area contributed by atoms with Crippen LogP contribution in [-0.4, -0.2) is 39.7 Å². The first-order valence-corrected chi connectivity index (χ1v) is 12.5. The molecule has 1 amide bonds. The van der Waals surface area contributed by atoms with E-state index in [1.807, 2.05) is 71.3 Å². The molecule has 0 unspecified atom stereocenters. The molecule has 4 aromatic rings. The van der Waals surface area contributed by atoms with Crippen LogP contribution in [0.3, 0.4) is 0 Å². The highest BCUT2D eigenvalue weighted by molar-refractivity contribution is 7.99. The van der Waals surface area contributed by atoms with Gasteiger partial charge in [-0.25, -0.2) is 5.43 Å². The van der Waals surface area contributed by atoms with Crippen molar-refractivity contribution in [1.29, 1.82) is 0 Å². The Balaban J connectivity index is 1.45. The zero-order valence-corrected chi connectivity index (χ0v) is 21.6. The van der Waals surface area contributed by atoms with E-state index in [0.29, 0.717) is 11.0 Å². The summed E-state index contributed by atoms with van der Waals surface area (Å²) in [6.07, 6.45) is 1.64. The molecule has 3 aromatic carbocycles. The molecule has 1 heterocycles. The second-order valence-corrected chi connectivity index (χ2v) is 10.1. The van der Waals surface area contributed by atoms with Gasteiger partial charge < -0.3 is 4.74 Å². The summed E-state index contributed by atoms with van der Waals surface area (Å²) < 4.78 is 7.21. The zero-order valence-electron chi connectivity index (χ0n) is 20.8. The second-order valence-electron chi connectivity index (χ2n) is 9.16. The van der Waals surface area contributed by atoms with E-state index in [2.05, 4.69) is 53.6 Å². The smallest absolute Gasteiger partial charge is 0.250 e. The largest absolute Gasteiger partial charge is 0.497 e. The molecule has 184 valence electrons. The van der Waals surface area contributed by atoms with E-state index in [1.54, 1.807) is 13.3 Å². The zero-order chi connectivity index (χ0) is 25.5. The molecular weight excluding hydrogens is 470 g/mol. The summed E-state index contributed by atoms with van der Waals surface area (Å²) in [5, 5.41) is 13.5. The molecule has 0 saturated carbocycles. The Morgan fingerprint density at radius 3 is 2.33 bits per heavy atom. The lowest BCUT2D eigenvalue weighted by Gasteiger charge is -2.18. The molecule has 0 aliphatic rings. The highest BCUT2D eigenvalue weighted by atomic mass is 32.2. The number of nitrogens with zero attached hydrogens (tertiary/aromatic N) is 4. The van der Waals surface area contributed by atoms with E-state index in [1.165, 1.54) is 17.3 Å². The van der Waals surface area contributed by atoms with Gasteiger partial charge in [0.1, 0.15) is 5.75 Å². The number of hydrogen-bond acceptors (Lipinski definition) is 6. The maximum absolute atomic E-state index is 12.5. The van der Waals surface area contributed by atoms with Gasteiger partial charge in [-0.15, -0.1) is 10.2 Å². The predicted octanol–water partition coefficient (Wildman–Crippen LogP) is 5.48. The molecule has 0 aliphatic heterocycles. The first kappa shape index (κ1) is 25.2. The molecule has 0 saturated heterocycles. The molecule has 1 N–H and O–H groups in total. The number of carbonyl (C=O) groups is 1. The van der Waals surface area contributed by atoms with Gasteiger partial charge in [0, 0.05) is 11.3 Å². The highest BCUT2D eigenvalue weighted by Crippen LogP contribution is 2.29. The van der Waals surface area contributed by atoms with Crippen LogP contribution in [-0.2, 0) is 10.2 Å². The van der Waals surface area contributed by atoms with Crippen LogP contribution in [0.1, 0.15) is 31.9 Å². The van der Waals surface area contributed by atoms with E-state index in [4.69, 9.17) is 4.74 Å². The normalized spacial score (nSPS) is 11.6. The van der Waals surface area contributed by atoms with Gasteiger partial charge in [-0.1, -0.05) is 75.0 Å². The molecule has 0 radical (unpaired) electrons. The van der Waals surface area contributed by atoms with Crippen molar-refractivity contribution >= 4 is 23.9 Å². The van der Waals surface area contributed by atoms with Crippen molar-refractivity contribution in [1.82, 2.24) is 20.2 Å². The quantitative estimate of drug-likeness (QED) is 0.197. The Labute approximate surface area is 215 Å². The number of amides is 1. The minimum Gasteiger partial charge on any atom is -0.497 e. The van der Waals surface area contributed by atoms with Gasteiger partial charge in [0.2, 0.25) is 0 Å². The van der Waals surface area contributed by atoms with Crippen LogP contribution in [0, 0.1) is 0 Å². The maximum atomic E-state index is 12.5. The van der Waals surface area contributed by atoms with E-state index in [-0.39, 0.29) is 17.1 Å². The standard InChI is InChI=1S/C28H29N5O2S/c1-28(2,3)22-14-10-20(11-15-22)18-29-30-25(34)19-36-27-32-31-26(21-12-16-24(35-4)17-13-21)33(27)23-8-6-5-7-9-23/h5-18H,19H2,1-4H3,(H,30,34). The number of aromatic nitrogens is 3. The second kappa shape index (κ2) is 11.2. The number of para-hydroxylation sites is 1. The molecule has 0 atom stereocenters. The third kappa shape index (κ3) is 6.20. The van der Waals surface area contributed by atoms with Gasteiger partial charge >= 0.3 is 0 Å². The summed E-state index contributed by atoms with van der Waals surface area (Å²) in [4.78, 5) is 12.5. The van der Waals surface area contributed by atoms with Gasteiger partial charge in [-0.2, -0.15) is 5.10 Å². The Morgan fingerprint density at radius 2 is 1.69 bits per heavy atom. The Morgan fingerprint density at radius 1 is 1.00 bits per heavy atom. The van der Waals surface area contributed by atoms with E-state index in [9.17, 15) is 4.79 Å². The van der Waals surface area contributed by atoms with Gasteiger partial charge in [0.05, 0.1) is 19.1 Å². The molecule has 0 aliphatic carbocycles. The molecule has 4 rings (SSSR count). The fourth-order valence-corrected chi connectivity index (χ4v) is 4.25. The Hall–Kier alpha value is -3.91. The van der Waals surface area contributed by atoms with Crippen LogP contribution in [0.25, 0.3) is 17.1 Å². The summed E-state index contributed by atoms with van der Waals surface area (Å²) in [5.41, 5.74) is 6.66. The number of rotatable bonds is 8. The van der Waals surface area contributed by atoms with Crippen molar-refractivity contribution in [2.75, 3.05) is 12.9 Å². The van der Waals surface area contributed by atoms with Crippen LogP contribution in [0.5, 0.6) is 5.75 Å². The van der Waals surface area contributed by atoms with Crippen molar-refractivity contribution in [2.45, 2.75) is 31.3 Å². The number of hydrogen-bond donors (Lipinski definition) is 1. The van der Waals surface area contributed by atoms with Gasteiger partial charge in [-0.05, 0) is 52.9 Å². The minimum absolute atomic E-state index is 0.0919. The number of methoxy groups -OCH3 is 1. The van der Waals surface area contributed by atoms with Crippen LogP contribution in [0.4, 0.5) is 0 Å². The molecule has 1 aromatic heterocycles. The molecule has 0 fully saturated rings. The van der Waals surface area contributed by atoms with Crippen molar-refractivity contribution in [3.8, 4) is 22.8 Å². The van der Waals surface area contributed by atoms with Crippen LogP contribution in [0.15, 0.2) is 89.1 Å². The number of hydrazone groups is 1. The lowest BCUT2D eigenvalue weighted by atomic mass is 9.87. The third-order valence-electron chi connectivity index (χ3n) is 5.51. The number of benzene rings is 3. The summed E-state index contributed by atoms with van der Waals surface area (Å²) in [5.74, 6) is 1.37. The molecule has 7 nitrogen and oxygen atoms in total. The van der Waals surface area contributed by atoms with E-state index >= 15 is 0 Å². The average Bonchev–Trinajstić information content (AvgIpc) is 3.32. The lowest BCUT2D eigenvalue weighted by molar-refractivity contribution is -0.118. The third-order valence-corrected chi connectivity index (χ3v) is 6.44. The van der Waals surface area contributed by atoms with Crippen LogP contribution < -0.4 is 10.2 Å². The fourth-order valence-electron chi connectivity index (χ4n) is 3.51. The number of carbonyl (C=O) groups excluding carboxylic acids is 1. The SMILES string of the molecule is COc1ccc(-c2nnc(SCC(=O)NN=Cc3ccc(C(C)(C)C)cc3)n2-c2ccccc2)cc1. The predicted molar refractivity (Wildman–Crippen MR) is 145 cm³/mol. The average molecular weight is 500 g/mol. The summed E-state index contributed by atoms with van der Waals surface area (Å²) in [6, 6.07) is 25.6. The molecule has 0 spiro atoms. The summed E-state index contributed by atoms with van der Waals surface area (Å²) in [7, 11) is 1.63. The highest BCUT2D eigenvalue weighted by Gasteiger charge is 2.17. The summed E-state index contributed by atoms with van der Waals surface area (Å²) in [6.45, 7) is 6.52. The molecular formula is C28H29N5O2S. The Kier molecular flexibility index (Phi) is 7.85. The van der Waals surface area contributed by atoms with Crippen LogP contribution in [0.2, 0.25) is 0 Å². The number of nitrogens with one attached hydrogen (secondary N) is 1. The molecule has 36 heavy (non-hydrogen) atoms. The number of thioether (sulfide) groups is 1. The fraction of sp³-hybridized carbons (Fsp3) is 0.214. The lowest BCUT2D eigenvalue weighted by Crippen LogP contribution is -2.20. The topological polar surface area (TPSA) is 81.4 Å². The van der Waals surface area contributed by atoms with Gasteiger partial charge in [0.25, 0.3) is 5.91 Å². The van der Waals surface area contributed by atoms with Crippen LogP contribution >= 0.6 is 11.8 Å². The van der Waals surface area contributed by atoms with Crippen molar-refractivity contribution in [2.24, 2.45) is 5.10 Å². The van der Waals surface area contributed by atoms with E-state index in [0.717, 1.165) is 22.6 Å². The molecule has 0 bridgehead atoms. The first-order chi connectivity index (χ1) is 17.3. The van der Waals surface area contributed by atoms with Gasteiger partial charge in [0.15, 0.2) is 11.0 Å². The minimum atomic E-state index is -0.226. The Bertz CT molecular complexity index is 1330. The molecule has 8 heteroatoms. The van der Waals surface area contributed by atoms with Crippen molar-refractivity contribution in [3.63, 3.8) is 0 Å². The van der Waals surface area contributed by atoms with Gasteiger partial charge in [-0.3, -0.25) is 9.36 Å². The van der Waals surface area contributed by atoms with Crippen molar-refractivity contribution in [3.05, 3.63) is 90.0 Å². The summed E-state index contributed by atoms with van der Waals surface area (Å²) >= 11 is 1.30. The first-order valence-electron chi connectivity index (χ1n) is 11.6. The maximum Gasteiger partial charge on any atom is 0.250 e. The number of ether oxygens (including phenoxy) is 1. The monoisotopic (exact) mass is 499 g/mol.